The highest BCUT2D eigenvalue weighted by Gasteiger charge is 2.49. The molecule has 0 amide bonds. The number of nitrogens with zero attached hydrogens (tertiary/aromatic N) is 1. The van der Waals surface area contributed by atoms with Gasteiger partial charge >= 0.3 is 0 Å². The minimum Gasteiger partial charge on any atom is -0.299 e. The normalized spacial score (nSPS) is 44.1. The lowest BCUT2D eigenvalue weighted by Crippen LogP contribution is -2.59. The van der Waals surface area contributed by atoms with E-state index >= 15 is 0 Å². The lowest BCUT2D eigenvalue weighted by molar-refractivity contribution is 0.0597. The number of thioether (sulfide) groups is 1. The van der Waals surface area contributed by atoms with Crippen molar-refractivity contribution in [1.29, 1.82) is 0 Å². The van der Waals surface area contributed by atoms with Crippen LogP contribution in [0.1, 0.15) is 25.7 Å². The molecular weight excluding hydrogens is 192 g/mol. The topological polar surface area (TPSA) is 15.3 Å². The van der Waals surface area contributed by atoms with E-state index in [1.165, 1.54) is 56.8 Å². The summed E-state index contributed by atoms with van der Waals surface area (Å²) in [6.07, 6.45) is 5.74. The molecule has 1 N–H and O–H groups in total. The van der Waals surface area contributed by atoms with Crippen LogP contribution >= 0.6 is 11.8 Å². The lowest BCUT2D eigenvalue weighted by atomic mass is 9.96. The van der Waals surface area contributed by atoms with Crippen LogP contribution in [-0.2, 0) is 0 Å². The van der Waals surface area contributed by atoms with Gasteiger partial charge in [0.25, 0.3) is 0 Å². The first kappa shape index (κ1) is 9.49. The summed E-state index contributed by atoms with van der Waals surface area (Å²) in [5, 5.41) is 3.82. The molecule has 2 unspecified atom stereocenters. The van der Waals surface area contributed by atoms with Crippen molar-refractivity contribution in [3.63, 3.8) is 0 Å². The number of hydrogen-bond donors (Lipinski definition) is 1. The summed E-state index contributed by atoms with van der Waals surface area (Å²) in [5.74, 6) is 3.65. The van der Waals surface area contributed by atoms with Crippen molar-refractivity contribution in [2.24, 2.45) is 5.92 Å². The first-order valence-corrected chi connectivity index (χ1v) is 7.15. The Morgan fingerprint density at radius 1 is 1.21 bits per heavy atom. The van der Waals surface area contributed by atoms with E-state index in [0.717, 1.165) is 5.92 Å². The van der Waals surface area contributed by atoms with Crippen molar-refractivity contribution in [1.82, 2.24) is 10.2 Å². The summed E-state index contributed by atoms with van der Waals surface area (Å²) in [6.45, 7) is 3.89. The highest BCUT2D eigenvalue weighted by atomic mass is 32.2. The molecule has 2 aliphatic heterocycles. The molecule has 80 valence electrons. The van der Waals surface area contributed by atoms with Crippen LogP contribution in [0.2, 0.25) is 0 Å². The monoisotopic (exact) mass is 212 g/mol. The molecule has 2 nitrogen and oxygen atoms in total. The summed E-state index contributed by atoms with van der Waals surface area (Å²) < 4.78 is 0. The SMILES string of the molecule is C1CC2CCNC2(N2CCSCC2)C1. The zero-order chi connectivity index (χ0) is 9.43. The number of nitrogens with one attached hydrogen (secondary N) is 1. The first-order valence-electron chi connectivity index (χ1n) is 6.00. The van der Waals surface area contributed by atoms with Crippen LogP contribution < -0.4 is 5.32 Å². The van der Waals surface area contributed by atoms with E-state index in [1.54, 1.807) is 0 Å². The van der Waals surface area contributed by atoms with E-state index in [2.05, 4.69) is 22.0 Å². The zero-order valence-electron chi connectivity index (χ0n) is 8.80. The van der Waals surface area contributed by atoms with Crippen molar-refractivity contribution in [3.8, 4) is 0 Å². The number of rotatable bonds is 1. The molecular formula is C11H20N2S. The third-order valence-electron chi connectivity index (χ3n) is 4.29. The van der Waals surface area contributed by atoms with Gasteiger partial charge in [0.15, 0.2) is 0 Å². The van der Waals surface area contributed by atoms with Gasteiger partial charge in [0, 0.05) is 24.6 Å². The van der Waals surface area contributed by atoms with Crippen LogP contribution in [0, 0.1) is 5.92 Å². The van der Waals surface area contributed by atoms with Gasteiger partial charge < -0.3 is 0 Å². The maximum absolute atomic E-state index is 3.82. The van der Waals surface area contributed by atoms with Crippen LogP contribution in [0.3, 0.4) is 0 Å². The molecule has 14 heavy (non-hydrogen) atoms. The second kappa shape index (κ2) is 3.69. The summed E-state index contributed by atoms with van der Waals surface area (Å²) >= 11 is 2.12. The number of fused-ring (bicyclic) bond motifs is 1. The summed E-state index contributed by atoms with van der Waals surface area (Å²) in [4.78, 5) is 2.76. The fourth-order valence-electron chi connectivity index (χ4n) is 3.63. The molecule has 0 bridgehead atoms. The van der Waals surface area contributed by atoms with Crippen molar-refractivity contribution in [2.75, 3.05) is 31.1 Å². The first-order chi connectivity index (χ1) is 6.92. The minimum absolute atomic E-state index is 0.445. The molecule has 0 radical (unpaired) electrons. The molecule has 0 aromatic rings. The van der Waals surface area contributed by atoms with Gasteiger partial charge in [0.05, 0.1) is 5.66 Å². The van der Waals surface area contributed by atoms with E-state index in [1.807, 2.05) is 0 Å². The van der Waals surface area contributed by atoms with Gasteiger partial charge in [-0.25, -0.2) is 0 Å². The molecule has 2 heterocycles. The largest absolute Gasteiger partial charge is 0.299 e. The van der Waals surface area contributed by atoms with Crippen molar-refractivity contribution < 1.29 is 0 Å². The van der Waals surface area contributed by atoms with E-state index in [-0.39, 0.29) is 0 Å². The van der Waals surface area contributed by atoms with E-state index in [0.29, 0.717) is 5.66 Å². The molecule has 0 spiro atoms. The van der Waals surface area contributed by atoms with Crippen molar-refractivity contribution in [3.05, 3.63) is 0 Å². The van der Waals surface area contributed by atoms with E-state index in [9.17, 15) is 0 Å². The molecule has 0 aromatic carbocycles. The molecule has 2 atom stereocenters. The van der Waals surface area contributed by atoms with Gasteiger partial charge in [-0.15, -0.1) is 0 Å². The molecule has 3 fully saturated rings. The average molecular weight is 212 g/mol. The Kier molecular flexibility index (Phi) is 2.50. The second-order valence-electron chi connectivity index (χ2n) is 4.83. The molecule has 3 heteroatoms. The fraction of sp³-hybridized carbons (Fsp3) is 1.00. The Hall–Kier alpha value is 0.270. The molecule has 3 aliphatic rings. The smallest absolute Gasteiger partial charge is 0.0742 e. The highest BCUT2D eigenvalue weighted by Crippen LogP contribution is 2.44. The summed E-state index contributed by atoms with van der Waals surface area (Å²) in [6, 6.07) is 0. The summed E-state index contributed by atoms with van der Waals surface area (Å²) in [5.41, 5.74) is 0.445. The Morgan fingerprint density at radius 3 is 2.93 bits per heavy atom. The summed E-state index contributed by atoms with van der Waals surface area (Å²) in [7, 11) is 0. The Bertz CT molecular complexity index is 203. The predicted molar refractivity (Wildman–Crippen MR) is 61.6 cm³/mol. The maximum atomic E-state index is 3.82. The second-order valence-corrected chi connectivity index (χ2v) is 6.05. The van der Waals surface area contributed by atoms with Crippen molar-refractivity contribution >= 4 is 11.8 Å². The Balaban J connectivity index is 1.79. The molecule has 1 saturated carbocycles. The molecule has 1 aliphatic carbocycles. The van der Waals surface area contributed by atoms with Crippen LogP contribution in [0.25, 0.3) is 0 Å². The molecule has 3 rings (SSSR count). The fourth-order valence-corrected chi connectivity index (χ4v) is 4.53. The molecule has 2 saturated heterocycles. The van der Waals surface area contributed by atoms with Gasteiger partial charge in [0.1, 0.15) is 0 Å². The van der Waals surface area contributed by atoms with Crippen LogP contribution in [0.5, 0.6) is 0 Å². The minimum atomic E-state index is 0.445. The van der Waals surface area contributed by atoms with Crippen LogP contribution in [0.4, 0.5) is 0 Å². The van der Waals surface area contributed by atoms with Crippen LogP contribution in [0.15, 0.2) is 0 Å². The molecule has 0 aromatic heterocycles. The van der Waals surface area contributed by atoms with E-state index in [4.69, 9.17) is 0 Å². The number of hydrogen-bond acceptors (Lipinski definition) is 3. The highest BCUT2D eigenvalue weighted by molar-refractivity contribution is 7.99. The Morgan fingerprint density at radius 2 is 2.07 bits per heavy atom. The standard InChI is InChI=1S/C11H20N2S/c1-2-10-3-5-12-11(10,4-1)13-6-8-14-9-7-13/h10,12H,1-9H2. The van der Waals surface area contributed by atoms with Gasteiger partial charge in [-0.2, -0.15) is 11.8 Å². The van der Waals surface area contributed by atoms with Gasteiger partial charge in [-0.3, -0.25) is 10.2 Å². The average Bonchev–Trinajstić information content (AvgIpc) is 2.77. The van der Waals surface area contributed by atoms with Gasteiger partial charge in [0.2, 0.25) is 0 Å². The maximum Gasteiger partial charge on any atom is 0.0742 e. The third kappa shape index (κ3) is 1.33. The quantitative estimate of drug-likeness (QED) is 0.709. The lowest BCUT2D eigenvalue weighted by Gasteiger charge is -2.44. The van der Waals surface area contributed by atoms with E-state index < -0.39 is 0 Å². The Labute approximate surface area is 90.8 Å². The zero-order valence-corrected chi connectivity index (χ0v) is 9.61. The van der Waals surface area contributed by atoms with Gasteiger partial charge in [-0.05, 0) is 38.1 Å². The van der Waals surface area contributed by atoms with Gasteiger partial charge in [-0.1, -0.05) is 0 Å². The predicted octanol–water partition coefficient (Wildman–Crippen LogP) is 1.52. The van der Waals surface area contributed by atoms with Crippen molar-refractivity contribution in [2.45, 2.75) is 31.3 Å². The third-order valence-corrected chi connectivity index (χ3v) is 5.23. The van der Waals surface area contributed by atoms with Crippen LogP contribution in [-0.4, -0.2) is 41.7 Å².